The smallest absolute Gasteiger partial charge is 0.265 e. The lowest BCUT2D eigenvalue weighted by Gasteiger charge is -1.92. The second kappa shape index (κ2) is 3.35. The minimum Gasteiger partial charge on any atom is -0.265 e. The Morgan fingerprint density at radius 3 is 2.91 bits per heavy atom. The minimum atomic E-state index is -0.659. The number of carbonyl (C=O) groups excluding carboxylic acids is 1. The van der Waals surface area contributed by atoms with E-state index in [4.69, 9.17) is 0 Å². The highest BCUT2D eigenvalue weighted by molar-refractivity contribution is 5.91. The molecule has 0 aliphatic rings. The Morgan fingerprint density at radius 2 is 2.36 bits per heavy atom. The van der Waals surface area contributed by atoms with Crippen LogP contribution in [-0.4, -0.2) is 15.9 Å². The summed E-state index contributed by atoms with van der Waals surface area (Å²) in [5, 5.41) is 2.19. The maximum Gasteiger partial charge on any atom is 0.294 e. The molecule has 1 amide bonds. The second-order valence-electron chi connectivity index (χ2n) is 1.62. The molecule has 0 fully saturated rings. The first-order chi connectivity index (χ1) is 5.34. The van der Waals surface area contributed by atoms with Crippen molar-refractivity contribution in [2.24, 2.45) is 5.29 Å². The number of carbonyl (C=O) groups is 1. The normalized spacial score (nSPS) is 8.73. The Kier molecular flexibility index (Phi) is 2.21. The molecule has 0 saturated heterocycles. The molecule has 11 heavy (non-hydrogen) atoms. The van der Waals surface area contributed by atoms with Gasteiger partial charge in [-0.3, -0.25) is 9.78 Å². The summed E-state index contributed by atoms with van der Waals surface area (Å²) in [5.74, 6) is -0.659. The molecule has 1 N–H and O–H groups in total. The molecule has 6 heteroatoms. The lowest BCUT2D eigenvalue weighted by atomic mass is 10.4. The number of nitroso groups, excluding NO2 is 1. The van der Waals surface area contributed by atoms with E-state index >= 15 is 0 Å². The number of aromatic nitrogens is 2. The van der Waals surface area contributed by atoms with Gasteiger partial charge in [0.25, 0.3) is 5.91 Å². The second-order valence-corrected chi connectivity index (χ2v) is 1.62. The SMILES string of the molecule is O=NNC(=O)c1cnccn1. The Balaban J connectivity index is 2.77. The lowest BCUT2D eigenvalue weighted by Crippen LogP contribution is -2.17. The fraction of sp³-hybridized carbons (Fsp3) is 0. The fourth-order valence-electron chi connectivity index (χ4n) is 0.515. The molecule has 56 valence electrons. The zero-order valence-corrected chi connectivity index (χ0v) is 5.39. The predicted molar refractivity (Wildman–Crippen MR) is 35.3 cm³/mol. The van der Waals surface area contributed by atoms with Crippen LogP contribution in [0.4, 0.5) is 0 Å². The number of hydrogen-bond donors (Lipinski definition) is 1. The molecule has 6 nitrogen and oxygen atoms in total. The zero-order valence-electron chi connectivity index (χ0n) is 5.39. The molecule has 0 aliphatic heterocycles. The van der Waals surface area contributed by atoms with E-state index in [0.717, 1.165) is 0 Å². The molecule has 0 bridgehead atoms. The summed E-state index contributed by atoms with van der Waals surface area (Å²) in [6.07, 6.45) is 4.01. The highest BCUT2D eigenvalue weighted by Crippen LogP contribution is 1.88. The lowest BCUT2D eigenvalue weighted by molar-refractivity contribution is 0.0949. The third kappa shape index (κ3) is 1.78. The van der Waals surface area contributed by atoms with Crippen molar-refractivity contribution in [3.63, 3.8) is 0 Å². The molecule has 0 aliphatic carbocycles. The van der Waals surface area contributed by atoms with E-state index in [9.17, 15) is 9.70 Å². The van der Waals surface area contributed by atoms with Gasteiger partial charge in [-0.15, -0.1) is 4.91 Å². The quantitative estimate of drug-likeness (QED) is 0.473. The van der Waals surface area contributed by atoms with Crippen LogP contribution in [0.2, 0.25) is 0 Å². The van der Waals surface area contributed by atoms with Crippen molar-refractivity contribution in [3.8, 4) is 0 Å². The third-order valence-corrected chi connectivity index (χ3v) is 0.943. The topological polar surface area (TPSA) is 84.3 Å². The Bertz CT molecular complexity index is 260. The van der Waals surface area contributed by atoms with Gasteiger partial charge in [-0.2, -0.15) is 0 Å². The van der Waals surface area contributed by atoms with Crippen molar-refractivity contribution in [1.82, 2.24) is 15.4 Å². The van der Waals surface area contributed by atoms with Gasteiger partial charge in [-0.05, 0) is 0 Å². The highest BCUT2D eigenvalue weighted by atomic mass is 16.3. The summed E-state index contributed by atoms with van der Waals surface area (Å²) in [4.78, 5) is 27.5. The molecule has 0 radical (unpaired) electrons. The van der Waals surface area contributed by atoms with Crippen LogP contribution in [-0.2, 0) is 0 Å². The molecular weight excluding hydrogens is 148 g/mol. The monoisotopic (exact) mass is 152 g/mol. The van der Waals surface area contributed by atoms with E-state index in [2.05, 4.69) is 15.3 Å². The van der Waals surface area contributed by atoms with E-state index in [1.807, 2.05) is 0 Å². The highest BCUT2D eigenvalue weighted by Gasteiger charge is 2.04. The fourth-order valence-corrected chi connectivity index (χ4v) is 0.515. The van der Waals surface area contributed by atoms with Crippen molar-refractivity contribution in [2.45, 2.75) is 0 Å². The standard InChI is InChI=1S/C5H4N4O2/c10-5(8-9-11)4-3-6-1-2-7-4/h1-3H,(H,8,10,11). The zero-order chi connectivity index (χ0) is 8.10. The molecule has 0 aromatic carbocycles. The van der Waals surface area contributed by atoms with Crippen LogP contribution in [0.3, 0.4) is 0 Å². The van der Waals surface area contributed by atoms with Gasteiger partial charge in [-0.1, -0.05) is 0 Å². The van der Waals surface area contributed by atoms with Gasteiger partial charge in [0.15, 0.2) is 0 Å². The van der Waals surface area contributed by atoms with E-state index in [1.165, 1.54) is 18.6 Å². The van der Waals surface area contributed by atoms with Crippen LogP contribution in [0, 0.1) is 4.91 Å². The molecule has 0 saturated carbocycles. The van der Waals surface area contributed by atoms with Crippen LogP contribution in [0.1, 0.15) is 10.5 Å². The summed E-state index contributed by atoms with van der Waals surface area (Å²) >= 11 is 0. The van der Waals surface area contributed by atoms with E-state index in [1.54, 1.807) is 5.43 Å². The summed E-state index contributed by atoms with van der Waals surface area (Å²) in [7, 11) is 0. The van der Waals surface area contributed by atoms with Gasteiger partial charge < -0.3 is 0 Å². The van der Waals surface area contributed by atoms with E-state index in [0.29, 0.717) is 0 Å². The molecule has 0 atom stereocenters. The van der Waals surface area contributed by atoms with Gasteiger partial charge in [0.1, 0.15) is 5.69 Å². The van der Waals surface area contributed by atoms with E-state index in [-0.39, 0.29) is 5.69 Å². The summed E-state index contributed by atoms with van der Waals surface area (Å²) < 4.78 is 0. The summed E-state index contributed by atoms with van der Waals surface area (Å²) in [6, 6.07) is 0. The first kappa shape index (κ1) is 7.26. The molecule has 1 aromatic rings. The first-order valence-corrected chi connectivity index (χ1v) is 2.73. The average Bonchev–Trinajstić information content (AvgIpc) is 2.07. The molecule has 0 spiro atoms. The molecule has 1 heterocycles. The Hall–Kier alpha value is -1.85. The van der Waals surface area contributed by atoms with Crippen LogP contribution in [0.25, 0.3) is 0 Å². The van der Waals surface area contributed by atoms with Crippen LogP contribution >= 0.6 is 0 Å². The van der Waals surface area contributed by atoms with Gasteiger partial charge >= 0.3 is 0 Å². The van der Waals surface area contributed by atoms with Crippen molar-refractivity contribution in [3.05, 3.63) is 29.2 Å². The molecular formula is C5H4N4O2. The van der Waals surface area contributed by atoms with Gasteiger partial charge in [0.05, 0.1) is 11.5 Å². The average molecular weight is 152 g/mol. The first-order valence-electron chi connectivity index (χ1n) is 2.73. The number of rotatable bonds is 2. The molecule has 0 unspecified atom stereocenters. The van der Waals surface area contributed by atoms with Gasteiger partial charge in [0.2, 0.25) is 0 Å². The number of amides is 1. The summed E-state index contributed by atoms with van der Waals surface area (Å²) in [6.45, 7) is 0. The maximum atomic E-state index is 10.7. The van der Waals surface area contributed by atoms with Crippen LogP contribution < -0.4 is 5.43 Å². The van der Waals surface area contributed by atoms with Crippen molar-refractivity contribution < 1.29 is 4.79 Å². The number of nitrogens with one attached hydrogen (secondary N) is 1. The van der Waals surface area contributed by atoms with Gasteiger partial charge in [-0.25, -0.2) is 10.4 Å². The molecule has 1 rings (SSSR count). The predicted octanol–water partition coefficient (Wildman–Crippen LogP) is -0.112. The van der Waals surface area contributed by atoms with Crippen LogP contribution in [0.5, 0.6) is 0 Å². The summed E-state index contributed by atoms with van der Waals surface area (Å²) in [5.41, 5.74) is 1.75. The minimum absolute atomic E-state index is 0.0621. The Morgan fingerprint density at radius 1 is 1.55 bits per heavy atom. The maximum absolute atomic E-state index is 10.7. The largest absolute Gasteiger partial charge is 0.294 e. The number of nitrogens with zero attached hydrogens (tertiary/aromatic N) is 3. The third-order valence-electron chi connectivity index (χ3n) is 0.943. The molecule has 1 aromatic heterocycles. The van der Waals surface area contributed by atoms with Crippen molar-refractivity contribution in [2.75, 3.05) is 0 Å². The van der Waals surface area contributed by atoms with Crippen LogP contribution in [0.15, 0.2) is 23.9 Å². The van der Waals surface area contributed by atoms with Gasteiger partial charge in [0, 0.05) is 12.4 Å². The van der Waals surface area contributed by atoms with E-state index < -0.39 is 5.91 Å². The van der Waals surface area contributed by atoms with Crippen molar-refractivity contribution in [1.29, 1.82) is 0 Å². The van der Waals surface area contributed by atoms with Crippen molar-refractivity contribution >= 4 is 5.91 Å². The Labute approximate surface area is 61.6 Å². The number of hydrogen-bond acceptors (Lipinski definition) is 5.